The third-order valence-electron chi connectivity index (χ3n) is 3.45. The van der Waals surface area contributed by atoms with E-state index >= 15 is 0 Å². The van der Waals surface area contributed by atoms with E-state index in [0.717, 1.165) is 31.4 Å². The molecule has 0 radical (unpaired) electrons. The number of carbonyl (C=O) groups is 1. The summed E-state index contributed by atoms with van der Waals surface area (Å²) in [5.74, 6) is -0.396. The zero-order valence-corrected chi connectivity index (χ0v) is 11.8. The topological polar surface area (TPSA) is 63.5 Å². The van der Waals surface area contributed by atoms with E-state index in [1.54, 1.807) is 21.8 Å². The molecule has 2 heterocycles. The minimum Gasteiger partial charge on any atom is -0.348 e. The molecule has 5 nitrogen and oxygen atoms in total. The van der Waals surface area contributed by atoms with Gasteiger partial charge >= 0.3 is 0 Å². The number of nitrogens with zero attached hydrogens (tertiary/aromatic N) is 2. The Labute approximate surface area is 120 Å². The highest BCUT2D eigenvalue weighted by Crippen LogP contribution is 2.27. The van der Waals surface area contributed by atoms with Crippen molar-refractivity contribution < 1.29 is 4.79 Å². The van der Waals surface area contributed by atoms with Crippen LogP contribution in [0, 0.1) is 0 Å². The Morgan fingerprint density at radius 2 is 2.30 bits per heavy atom. The van der Waals surface area contributed by atoms with Crippen LogP contribution in [0.5, 0.6) is 0 Å². The van der Waals surface area contributed by atoms with Crippen molar-refractivity contribution in [3.8, 4) is 0 Å². The Morgan fingerprint density at radius 3 is 3.10 bits per heavy atom. The van der Waals surface area contributed by atoms with Gasteiger partial charge in [-0.2, -0.15) is 0 Å². The molecule has 1 aliphatic carbocycles. The third kappa shape index (κ3) is 2.06. The van der Waals surface area contributed by atoms with E-state index < -0.39 is 5.91 Å². The summed E-state index contributed by atoms with van der Waals surface area (Å²) < 4.78 is 1.61. The summed E-state index contributed by atoms with van der Waals surface area (Å²) in [6.07, 6.45) is 7.07. The number of rotatable bonds is 3. The molecular formula is C14H15N3O2S. The Balaban J connectivity index is 2.12. The first-order valence-electron chi connectivity index (χ1n) is 6.63. The zero-order valence-electron chi connectivity index (χ0n) is 11.0. The third-order valence-corrected chi connectivity index (χ3v) is 4.61. The molecule has 0 atom stereocenters. The summed E-state index contributed by atoms with van der Waals surface area (Å²) in [4.78, 5) is 30.6. The van der Waals surface area contributed by atoms with Crippen molar-refractivity contribution in [1.82, 2.24) is 14.7 Å². The number of aromatic nitrogens is 2. The Kier molecular flexibility index (Phi) is 3.40. The molecule has 6 heteroatoms. The molecule has 0 spiro atoms. The fourth-order valence-corrected chi connectivity index (χ4v) is 3.65. The summed E-state index contributed by atoms with van der Waals surface area (Å²) in [6, 6.07) is 0. The van der Waals surface area contributed by atoms with E-state index in [0.29, 0.717) is 11.5 Å². The first kappa shape index (κ1) is 13.1. The molecule has 2 aromatic rings. The maximum atomic E-state index is 12.5. The highest BCUT2D eigenvalue weighted by Gasteiger charge is 2.20. The lowest BCUT2D eigenvalue weighted by atomic mass is 10.0. The molecule has 0 aromatic carbocycles. The van der Waals surface area contributed by atoms with Gasteiger partial charge in [-0.05, 0) is 25.7 Å². The Hall–Kier alpha value is -1.95. The first-order chi connectivity index (χ1) is 9.72. The minimum absolute atomic E-state index is 0.0931. The number of amides is 1. The van der Waals surface area contributed by atoms with Gasteiger partial charge in [0.05, 0.1) is 0 Å². The molecule has 2 aromatic heterocycles. The number of thiazole rings is 1. The van der Waals surface area contributed by atoms with Gasteiger partial charge in [0.2, 0.25) is 0 Å². The van der Waals surface area contributed by atoms with Crippen molar-refractivity contribution in [1.29, 1.82) is 0 Å². The monoisotopic (exact) mass is 289 g/mol. The largest absolute Gasteiger partial charge is 0.348 e. The van der Waals surface area contributed by atoms with Crippen molar-refractivity contribution in [2.75, 3.05) is 6.54 Å². The van der Waals surface area contributed by atoms with Gasteiger partial charge in [-0.3, -0.25) is 14.0 Å². The number of nitrogens with one attached hydrogen (secondary N) is 1. The van der Waals surface area contributed by atoms with Gasteiger partial charge in [-0.25, -0.2) is 4.98 Å². The molecular weight excluding hydrogens is 274 g/mol. The summed E-state index contributed by atoms with van der Waals surface area (Å²) in [5, 5.41) is 2.62. The van der Waals surface area contributed by atoms with Gasteiger partial charge in [0.1, 0.15) is 5.56 Å². The van der Waals surface area contributed by atoms with E-state index in [-0.39, 0.29) is 11.1 Å². The maximum absolute atomic E-state index is 12.5. The SMILES string of the molecule is C=CCNC(=O)c1cnc2sc3c(n2c1=O)CCCC3. The van der Waals surface area contributed by atoms with Gasteiger partial charge in [-0.15, -0.1) is 17.9 Å². The quantitative estimate of drug-likeness (QED) is 0.872. The lowest BCUT2D eigenvalue weighted by molar-refractivity contribution is 0.0956. The Bertz CT molecular complexity index is 745. The van der Waals surface area contributed by atoms with Crippen LogP contribution in [0.3, 0.4) is 0 Å². The summed E-state index contributed by atoms with van der Waals surface area (Å²) in [6.45, 7) is 3.87. The molecule has 0 saturated carbocycles. The van der Waals surface area contributed by atoms with Crippen LogP contribution in [-0.4, -0.2) is 21.8 Å². The second kappa shape index (κ2) is 5.20. The molecule has 1 N–H and O–H groups in total. The second-order valence-electron chi connectivity index (χ2n) is 4.77. The Morgan fingerprint density at radius 1 is 1.50 bits per heavy atom. The average molecular weight is 289 g/mol. The smallest absolute Gasteiger partial charge is 0.271 e. The van der Waals surface area contributed by atoms with Gasteiger partial charge in [0, 0.05) is 23.3 Å². The van der Waals surface area contributed by atoms with Crippen LogP contribution in [0.2, 0.25) is 0 Å². The van der Waals surface area contributed by atoms with Crippen LogP contribution >= 0.6 is 11.3 Å². The zero-order chi connectivity index (χ0) is 14.1. The van der Waals surface area contributed by atoms with Crippen molar-refractivity contribution in [2.24, 2.45) is 0 Å². The van der Waals surface area contributed by atoms with Crippen molar-refractivity contribution in [2.45, 2.75) is 25.7 Å². The van der Waals surface area contributed by atoms with Gasteiger partial charge in [0.15, 0.2) is 4.96 Å². The van der Waals surface area contributed by atoms with E-state index in [4.69, 9.17) is 0 Å². The van der Waals surface area contributed by atoms with Crippen molar-refractivity contribution >= 4 is 22.2 Å². The van der Waals surface area contributed by atoms with E-state index in [1.807, 2.05) is 0 Å². The predicted octanol–water partition coefficient (Wildman–Crippen LogP) is 1.55. The highest BCUT2D eigenvalue weighted by molar-refractivity contribution is 7.17. The number of hydrogen-bond acceptors (Lipinski definition) is 4. The van der Waals surface area contributed by atoms with Gasteiger partial charge < -0.3 is 5.32 Å². The normalized spacial score (nSPS) is 14.0. The number of carbonyl (C=O) groups excluding carboxylic acids is 1. The molecule has 0 aliphatic heterocycles. The van der Waals surface area contributed by atoms with E-state index in [9.17, 15) is 9.59 Å². The predicted molar refractivity (Wildman–Crippen MR) is 78.5 cm³/mol. The van der Waals surface area contributed by atoms with E-state index in [2.05, 4.69) is 16.9 Å². The fourth-order valence-electron chi connectivity index (χ4n) is 2.48. The van der Waals surface area contributed by atoms with Gasteiger partial charge in [-0.1, -0.05) is 6.08 Å². The average Bonchev–Trinajstić information content (AvgIpc) is 2.84. The summed E-state index contributed by atoms with van der Waals surface area (Å²) in [7, 11) is 0. The lowest BCUT2D eigenvalue weighted by Crippen LogP contribution is -2.32. The standard InChI is InChI=1S/C14H15N3O2S/c1-2-7-15-12(18)9-8-16-14-17(13(9)19)10-5-3-4-6-11(10)20-14/h2,8H,1,3-7H2,(H,15,18). The fraction of sp³-hybridized carbons (Fsp3) is 0.357. The molecule has 0 fully saturated rings. The van der Waals surface area contributed by atoms with Gasteiger partial charge in [0.25, 0.3) is 11.5 Å². The number of fused-ring (bicyclic) bond motifs is 3. The molecule has 104 valence electrons. The summed E-state index contributed by atoms with van der Waals surface area (Å²) >= 11 is 1.56. The second-order valence-corrected chi connectivity index (χ2v) is 5.83. The van der Waals surface area contributed by atoms with Crippen LogP contribution in [0.25, 0.3) is 4.96 Å². The minimum atomic E-state index is -0.396. The highest BCUT2D eigenvalue weighted by atomic mass is 32.1. The van der Waals surface area contributed by atoms with Crippen LogP contribution in [0.1, 0.15) is 33.8 Å². The molecule has 3 rings (SSSR count). The molecule has 20 heavy (non-hydrogen) atoms. The summed E-state index contributed by atoms with van der Waals surface area (Å²) in [5.41, 5.74) is 0.860. The van der Waals surface area contributed by atoms with E-state index in [1.165, 1.54) is 11.1 Å². The molecule has 0 unspecified atom stereocenters. The molecule has 1 amide bonds. The maximum Gasteiger partial charge on any atom is 0.271 e. The number of hydrogen-bond donors (Lipinski definition) is 1. The van der Waals surface area contributed by atoms with Crippen molar-refractivity contribution in [3.63, 3.8) is 0 Å². The van der Waals surface area contributed by atoms with Crippen LogP contribution in [0.4, 0.5) is 0 Å². The first-order valence-corrected chi connectivity index (χ1v) is 7.45. The lowest BCUT2D eigenvalue weighted by Gasteiger charge is -2.10. The molecule has 0 saturated heterocycles. The number of aryl methyl sites for hydroxylation is 2. The molecule has 1 aliphatic rings. The molecule has 0 bridgehead atoms. The van der Waals surface area contributed by atoms with Crippen LogP contribution in [0.15, 0.2) is 23.6 Å². The van der Waals surface area contributed by atoms with Crippen molar-refractivity contribution in [3.05, 3.63) is 45.3 Å². The van der Waals surface area contributed by atoms with Crippen LogP contribution in [-0.2, 0) is 12.8 Å². The van der Waals surface area contributed by atoms with Crippen LogP contribution < -0.4 is 10.9 Å².